The fraction of sp³-hybridized carbons (Fsp3) is 0.917. The van der Waals surface area contributed by atoms with E-state index < -0.39 is 0 Å². The first-order valence-corrected chi connectivity index (χ1v) is 6.54. The number of ether oxygens (including phenoxy) is 1. The van der Waals surface area contributed by atoms with Crippen LogP contribution in [0.2, 0.25) is 0 Å². The first-order chi connectivity index (χ1) is 8.25. The SMILES string of the molecule is CN1CCN(C(=O)COC2CCNCC2)CC1. The van der Waals surface area contributed by atoms with E-state index in [-0.39, 0.29) is 18.6 Å². The van der Waals surface area contributed by atoms with Crippen molar-refractivity contribution in [1.82, 2.24) is 15.1 Å². The smallest absolute Gasteiger partial charge is 0.248 e. The number of carbonyl (C=O) groups excluding carboxylic acids is 1. The van der Waals surface area contributed by atoms with Crippen molar-refractivity contribution in [1.29, 1.82) is 0 Å². The van der Waals surface area contributed by atoms with Crippen molar-refractivity contribution in [2.45, 2.75) is 18.9 Å². The number of nitrogens with zero attached hydrogens (tertiary/aromatic N) is 2. The predicted octanol–water partition coefficient (Wildman–Crippen LogP) is -0.471. The molecule has 5 heteroatoms. The summed E-state index contributed by atoms with van der Waals surface area (Å²) in [5.41, 5.74) is 0. The van der Waals surface area contributed by atoms with E-state index in [9.17, 15) is 4.79 Å². The molecule has 5 nitrogen and oxygen atoms in total. The lowest BCUT2D eigenvalue weighted by molar-refractivity contribution is -0.140. The molecule has 0 aromatic heterocycles. The Kier molecular flexibility index (Phi) is 4.76. The molecule has 1 amide bonds. The molecule has 2 aliphatic heterocycles. The quantitative estimate of drug-likeness (QED) is 0.725. The van der Waals surface area contributed by atoms with E-state index in [1.165, 1.54) is 0 Å². The van der Waals surface area contributed by atoms with Gasteiger partial charge in [-0.05, 0) is 33.0 Å². The highest BCUT2D eigenvalue weighted by atomic mass is 16.5. The lowest BCUT2D eigenvalue weighted by atomic mass is 10.1. The summed E-state index contributed by atoms with van der Waals surface area (Å²) in [6.45, 7) is 5.89. The van der Waals surface area contributed by atoms with Crippen molar-refractivity contribution in [3.05, 3.63) is 0 Å². The summed E-state index contributed by atoms with van der Waals surface area (Å²) in [6, 6.07) is 0. The number of amides is 1. The van der Waals surface area contributed by atoms with Crippen LogP contribution in [0.25, 0.3) is 0 Å². The summed E-state index contributed by atoms with van der Waals surface area (Å²) < 4.78 is 5.68. The zero-order chi connectivity index (χ0) is 12.1. The molecule has 0 spiro atoms. The third kappa shape index (κ3) is 3.94. The van der Waals surface area contributed by atoms with Gasteiger partial charge in [0, 0.05) is 26.2 Å². The van der Waals surface area contributed by atoms with Gasteiger partial charge in [-0.3, -0.25) is 4.79 Å². The second kappa shape index (κ2) is 6.33. The van der Waals surface area contributed by atoms with Crippen molar-refractivity contribution in [3.8, 4) is 0 Å². The molecule has 0 bridgehead atoms. The maximum atomic E-state index is 11.9. The zero-order valence-corrected chi connectivity index (χ0v) is 10.7. The second-order valence-electron chi connectivity index (χ2n) is 4.94. The Morgan fingerprint density at radius 3 is 2.53 bits per heavy atom. The van der Waals surface area contributed by atoms with Gasteiger partial charge in [0.2, 0.25) is 5.91 Å². The molecule has 0 saturated carbocycles. The molecule has 2 aliphatic rings. The average Bonchev–Trinajstić information content (AvgIpc) is 2.38. The van der Waals surface area contributed by atoms with Crippen molar-refractivity contribution < 1.29 is 9.53 Å². The van der Waals surface area contributed by atoms with Crippen molar-refractivity contribution in [3.63, 3.8) is 0 Å². The van der Waals surface area contributed by atoms with Gasteiger partial charge in [-0.15, -0.1) is 0 Å². The highest BCUT2D eigenvalue weighted by molar-refractivity contribution is 5.77. The van der Waals surface area contributed by atoms with Gasteiger partial charge >= 0.3 is 0 Å². The van der Waals surface area contributed by atoms with E-state index >= 15 is 0 Å². The first-order valence-electron chi connectivity index (χ1n) is 6.54. The largest absolute Gasteiger partial charge is 0.368 e. The van der Waals surface area contributed by atoms with Crippen molar-refractivity contribution in [2.75, 3.05) is 52.9 Å². The lowest BCUT2D eigenvalue weighted by Crippen LogP contribution is -2.48. The summed E-state index contributed by atoms with van der Waals surface area (Å²) >= 11 is 0. The molecule has 2 saturated heterocycles. The molecule has 0 aliphatic carbocycles. The molecule has 2 rings (SSSR count). The van der Waals surface area contributed by atoms with Gasteiger partial charge in [-0.1, -0.05) is 0 Å². The summed E-state index contributed by atoms with van der Waals surface area (Å²) in [5.74, 6) is 0.150. The van der Waals surface area contributed by atoms with Crippen LogP contribution >= 0.6 is 0 Å². The average molecular weight is 241 g/mol. The number of hydrogen-bond donors (Lipinski definition) is 1. The molecule has 0 atom stereocenters. The Morgan fingerprint density at radius 2 is 1.88 bits per heavy atom. The molecule has 0 aromatic rings. The number of likely N-dealkylation sites (N-methyl/N-ethyl adjacent to an activating group) is 1. The van der Waals surface area contributed by atoms with Gasteiger partial charge in [0.1, 0.15) is 6.61 Å². The minimum atomic E-state index is 0.150. The Balaban J connectivity index is 1.66. The number of nitrogens with one attached hydrogen (secondary N) is 1. The van der Waals surface area contributed by atoms with Gasteiger partial charge < -0.3 is 19.9 Å². The summed E-state index contributed by atoms with van der Waals surface area (Å²) in [5, 5.41) is 3.29. The topological polar surface area (TPSA) is 44.8 Å². The van der Waals surface area contributed by atoms with E-state index in [1.807, 2.05) is 4.90 Å². The third-order valence-corrected chi connectivity index (χ3v) is 3.58. The van der Waals surface area contributed by atoms with Crippen LogP contribution in [0.3, 0.4) is 0 Å². The van der Waals surface area contributed by atoms with Crippen LogP contribution in [0.4, 0.5) is 0 Å². The molecule has 2 heterocycles. The molecular formula is C12H23N3O2. The Bertz CT molecular complexity index is 246. The third-order valence-electron chi connectivity index (χ3n) is 3.58. The van der Waals surface area contributed by atoms with Crippen molar-refractivity contribution in [2.24, 2.45) is 0 Å². The lowest BCUT2D eigenvalue weighted by Gasteiger charge is -2.33. The predicted molar refractivity (Wildman–Crippen MR) is 65.9 cm³/mol. The Labute approximate surface area is 103 Å². The molecule has 0 aromatic carbocycles. The summed E-state index contributed by atoms with van der Waals surface area (Å²) in [4.78, 5) is 16.1. The molecule has 0 unspecified atom stereocenters. The van der Waals surface area contributed by atoms with E-state index in [0.717, 1.165) is 52.1 Å². The minimum Gasteiger partial charge on any atom is -0.368 e. The van der Waals surface area contributed by atoms with E-state index in [4.69, 9.17) is 4.74 Å². The van der Waals surface area contributed by atoms with Gasteiger partial charge in [-0.2, -0.15) is 0 Å². The van der Waals surface area contributed by atoms with E-state index in [0.29, 0.717) is 0 Å². The number of rotatable bonds is 3. The fourth-order valence-electron chi connectivity index (χ4n) is 2.30. The molecule has 98 valence electrons. The fourth-order valence-corrected chi connectivity index (χ4v) is 2.30. The standard InChI is InChI=1S/C12H23N3O2/c1-14-6-8-15(9-7-14)12(16)10-17-11-2-4-13-5-3-11/h11,13H,2-10H2,1H3. The normalized spacial score (nSPS) is 23.9. The molecule has 17 heavy (non-hydrogen) atoms. The number of hydrogen-bond acceptors (Lipinski definition) is 4. The van der Waals surface area contributed by atoms with Gasteiger partial charge in [0.15, 0.2) is 0 Å². The Hall–Kier alpha value is -0.650. The van der Waals surface area contributed by atoms with E-state index in [1.54, 1.807) is 0 Å². The van der Waals surface area contributed by atoms with Crippen LogP contribution in [0.15, 0.2) is 0 Å². The molecule has 0 radical (unpaired) electrons. The summed E-state index contributed by atoms with van der Waals surface area (Å²) in [7, 11) is 2.09. The maximum absolute atomic E-state index is 11.9. The molecule has 2 fully saturated rings. The number of piperidine rings is 1. The van der Waals surface area contributed by atoms with Gasteiger partial charge in [-0.25, -0.2) is 0 Å². The van der Waals surface area contributed by atoms with Crippen LogP contribution in [-0.4, -0.2) is 74.7 Å². The zero-order valence-electron chi connectivity index (χ0n) is 10.7. The minimum absolute atomic E-state index is 0.150. The first kappa shape index (κ1) is 12.8. The molecular weight excluding hydrogens is 218 g/mol. The summed E-state index contributed by atoms with van der Waals surface area (Å²) in [6.07, 6.45) is 2.32. The van der Waals surface area contributed by atoms with Gasteiger partial charge in [0.05, 0.1) is 6.10 Å². The van der Waals surface area contributed by atoms with Crippen LogP contribution in [-0.2, 0) is 9.53 Å². The van der Waals surface area contributed by atoms with Crippen molar-refractivity contribution >= 4 is 5.91 Å². The van der Waals surface area contributed by atoms with E-state index in [2.05, 4.69) is 17.3 Å². The van der Waals surface area contributed by atoms with Crippen LogP contribution < -0.4 is 5.32 Å². The maximum Gasteiger partial charge on any atom is 0.248 e. The number of piperazine rings is 1. The van der Waals surface area contributed by atoms with Crippen LogP contribution in [0, 0.1) is 0 Å². The van der Waals surface area contributed by atoms with Crippen LogP contribution in [0.5, 0.6) is 0 Å². The Morgan fingerprint density at radius 1 is 1.24 bits per heavy atom. The number of carbonyl (C=O) groups is 1. The monoisotopic (exact) mass is 241 g/mol. The van der Waals surface area contributed by atoms with Gasteiger partial charge in [0.25, 0.3) is 0 Å². The highest BCUT2D eigenvalue weighted by Gasteiger charge is 2.21. The second-order valence-corrected chi connectivity index (χ2v) is 4.94. The molecule has 1 N–H and O–H groups in total. The van der Waals surface area contributed by atoms with Crippen LogP contribution in [0.1, 0.15) is 12.8 Å². The highest BCUT2D eigenvalue weighted by Crippen LogP contribution is 2.08.